The molecule has 0 aromatic carbocycles. The van der Waals surface area contributed by atoms with Crippen LogP contribution in [-0.4, -0.2) is 140 Å². The minimum atomic E-state index is -1.79. The predicted octanol–water partition coefficient (Wildman–Crippen LogP) is 15.9. The van der Waals surface area contributed by atoms with E-state index in [1.165, 1.54) is 283 Å². The number of unbranched alkanes of at least 4 members (excludes halogenated alkanes) is 48. The Kier molecular flexibility index (Phi) is 55.6. The van der Waals surface area contributed by atoms with Crippen molar-refractivity contribution in [3.63, 3.8) is 0 Å². The van der Waals surface area contributed by atoms with Crippen LogP contribution < -0.4 is 5.32 Å². The first-order chi connectivity index (χ1) is 43.1. The molecule has 520 valence electrons. The van der Waals surface area contributed by atoms with E-state index in [4.69, 9.17) is 18.9 Å². The lowest BCUT2D eigenvalue weighted by atomic mass is 9.97. The molecule has 0 radical (unpaired) electrons. The van der Waals surface area contributed by atoms with E-state index in [9.17, 15) is 45.6 Å². The lowest BCUT2D eigenvalue weighted by Crippen LogP contribution is -2.65. The molecule has 2 aliphatic heterocycles. The van der Waals surface area contributed by atoms with E-state index in [1.807, 2.05) is 6.08 Å². The smallest absolute Gasteiger partial charge is 0.220 e. The van der Waals surface area contributed by atoms with Gasteiger partial charge in [-0.15, -0.1) is 0 Å². The molecule has 9 N–H and O–H groups in total. The highest BCUT2D eigenvalue weighted by atomic mass is 16.7. The van der Waals surface area contributed by atoms with Crippen LogP contribution in [0.25, 0.3) is 0 Å². The summed E-state index contributed by atoms with van der Waals surface area (Å²) in [5.41, 5.74) is 0. The van der Waals surface area contributed by atoms with Crippen LogP contribution in [0.3, 0.4) is 0 Å². The van der Waals surface area contributed by atoms with Gasteiger partial charge in [0.05, 0.1) is 32.0 Å². The highest BCUT2D eigenvalue weighted by Gasteiger charge is 2.51. The third-order valence-electron chi connectivity index (χ3n) is 18.6. The van der Waals surface area contributed by atoms with E-state index in [2.05, 4.69) is 31.3 Å². The van der Waals surface area contributed by atoms with Gasteiger partial charge in [0.2, 0.25) is 5.91 Å². The van der Waals surface area contributed by atoms with Crippen molar-refractivity contribution in [3.8, 4) is 0 Å². The molecule has 14 nitrogen and oxygen atoms in total. The van der Waals surface area contributed by atoms with Gasteiger partial charge in [-0.2, -0.15) is 0 Å². The highest BCUT2D eigenvalue weighted by molar-refractivity contribution is 5.76. The Bertz CT molecular complexity index is 1570. The minimum absolute atomic E-state index is 0.232. The number of rotatable bonds is 63. The number of hydrogen-bond acceptors (Lipinski definition) is 13. The normalized spacial score (nSPS) is 23.2. The number of carbonyl (C=O) groups is 1. The predicted molar refractivity (Wildman–Crippen MR) is 360 cm³/mol. The van der Waals surface area contributed by atoms with E-state index >= 15 is 0 Å². The Morgan fingerprint density at radius 2 is 0.716 bits per heavy atom. The number of allylic oxidation sites excluding steroid dienone is 3. The SMILES string of the molecule is CCCCCCCCCC/C=C\CCCCCCCCCCCCCCCCCCCC(=O)NC(COC1OC(CO)C(OC2OC(CO)C(O)C(O)C2O)C(O)C1O)C(O)/C=C/CCCCCCCCCCCCCCCCCCCCCCCCC. The molecule has 14 heteroatoms. The fraction of sp³-hybridized carbons (Fsp3) is 0.932. The van der Waals surface area contributed by atoms with Gasteiger partial charge in [0.1, 0.15) is 48.8 Å². The van der Waals surface area contributed by atoms with E-state index in [1.54, 1.807) is 6.08 Å². The van der Waals surface area contributed by atoms with Crippen LogP contribution >= 0.6 is 0 Å². The fourth-order valence-electron chi connectivity index (χ4n) is 12.6. The molecule has 2 aliphatic rings. The van der Waals surface area contributed by atoms with Crippen LogP contribution in [0.15, 0.2) is 24.3 Å². The van der Waals surface area contributed by atoms with Crippen molar-refractivity contribution in [1.82, 2.24) is 5.32 Å². The van der Waals surface area contributed by atoms with Crippen molar-refractivity contribution in [2.24, 2.45) is 0 Å². The van der Waals surface area contributed by atoms with Crippen LogP contribution in [-0.2, 0) is 23.7 Å². The molecular weight excluding hydrogens is 1110 g/mol. The number of aliphatic hydroxyl groups excluding tert-OH is 8. The standard InChI is InChI=1S/C74H141NO13/c1-3-5-7-9-11-13-15-17-19-21-23-25-27-29-30-31-32-34-36-38-40-42-44-46-48-50-52-54-56-58-66(79)75-62(61-85-73-71(84)69(82)72(65(60-77)87-73)88-74-70(83)68(81)67(80)64(59-76)86-74)63(78)57-55-53-51-49-47-45-43-41-39-37-35-33-28-26-24-22-20-18-16-14-12-10-8-6-4-2/h21,23,55,57,62-65,67-74,76-78,80-84H,3-20,22,24-54,56,58-61H2,1-2H3,(H,75,79)/b23-21-,57-55+. The van der Waals surface area contributed by atoms with Gasteiger partial charge >= 0.3 is 0 Å². The van der Waals surface area contributed by atoms with Gasteiger partial charge in [0.15, 0.2) is 12.6 Å². The maximum Gasteiger partial charge on any atom is 0.220 e. The number of carbonyl (C=O) groups excluding carboxylic acids is 1. The number of nitrogens with one attached hydrogen (secondary N) is 1. The second kappa shape index (κ2) is 59.2. The fourth-order valence-corrected chi connectivity index (χ4v) is 12.6. The Morgan fingerprint density at radius 1 is 0.398 bits per heavy atom. The summed E-state index contributed by atoms with van der Waals surface area (Å²) < 4.78 is 22.9. The van der Waals surface area contributed by atoms with Crippen LogP contribution in [0.2, 0.25) is 0 Å². The molecule has 2 rings (SSSR count). The van der Waals surface area contributed by atoms with Crippen molar-refractivity contribution in [2.45, 2.75) is 421 Å². The molecular formula is C74H141NO13. The maximum atomic E-state index is 13.4. The molecule has 0 bridgehead atoms. The van der Waals surface area contributed by atoms with Crippen LogP contribution in [0, 0.1) is 0 Å². The molecule has 0 aromatic heterocycles. The average molecular weight is 1250 g/mol. The number of ether oxygens (including phenoxy) is 4. The third kappa shape index (κ3) is 42.6. The molecule has 12 unspecified atom stereocenters. The van der Waals surface area contributed by atoms with Gasteiger partial charge < -0.3 is 65.1 Å². The third-order valence-corrected chi connectivity index (χ3v) is 18.6. The first-order valence-electron chi connectivity index (χ1n) is 37.6. The van der Waals surface area contributed by atoms with Gasteiger partial charge in [-0.3, -0.25) is 4.79 Å². The van der Waals surface area contributed by atoms with E-state index in [0.29, 0.717) is 6.42 Å². The lowest BCUT2D eigenvalue weighted by molar-refractivity contribution is -0.359. The van der Waals surface area contributed by atoms with E-state index < -0.39 is 86.8 Å². The zero-order chi connectivity index (χ0) is 63.8. The molecule has 0 aliphatic carbocycles. The van der Waals surface area contributed by atoms with Crippen molar-refractivity contribution in [1.29, 1.82) is 0 Å². The Balaban J connectivity index is 1.65. The second-order valence-electron chi connectivity index (χ2n) is 26.8. The molecule has 88 heavy (non-hydrogen) atoms. The van der Waals surface area contributed by atoms with Gasteiger partial charge in [0.25, 0.3) is 0 Å². The summed E-state index contributed by atoms with van der Waals surface area (Å²) in [7, 11) is 0. The molecule has 12 atom stereocenters. The zero-order valence-corrected chi connectivity index (χ0v) is 56.7. The van der Waals surface area contributed by atoms with Crippen molar-refractivity contribution < 1.29 is 64.6 Å². The number of aliphatic hydroxyl groups is 8. The quantitative estimate of drug-likeness (QED) is 0.0204. The highest BCUT2D eigenvalue weighted by Crippen LogP contribution is 2.30. The Labute approximate surface area is 539 Å². The second-order valence-corrected chi connectivity index (χ2v) is 26.8. The van der Waals surface area contributed by atoms with Gasteiger partial charge in [-0.25, -0.2) is 0 Å². The summed E-state index contributed by atoms with van der Waals surface area (Å²) >= 11 is 0. The molecule has 2 heterocycles. The number of hydrogen-bond donors (Lipinski definition) is 9. The Morgan fingerprint density at radius 3 is 1.08 bits per heavy atom. The van der Waals surface area contributed by atoms with E-state index in [0.717, 1.165) is 38.5 Å². The molecule has 2 saturated heterocycles. The number of amides is 1. The molecule has 2 fully saturated rings. The average Bonchev–Trinajstić information content (AvgIpc) is 2.07. The van der Waals surface area contributed by atoms with Gasteiger partial charge in [-0.05, 0) is 44.9 Å². The van der Waals surface area contributed by atoms with E-state index in [-0.39, 0.29) is 18.9 Å². The van der Waals surface area contributed by atoms with Crippen molar-refractivity contribution in [2.75, 3.05) is 19.8 Å². The monoisotopic (exact) mass is 1250 g/mol. The summed E-state index contributed by atoms with van der Waals surface area (Å²) in [6.07, 6.45) is 58.1. The molecule has 0 aromatic rings. The lowest BCUT2D eigenvalue weighted by Gasteiger charge is -2.46. The van der Waals surface area contributed by atoms with Crippen molar-refractivity contribution in [3.05, 3.63) is 24.3 Å². The molecule has 0 spiro atoms. The first kappa shape index (κ1) is 82.6. The largest absolute Gasteiger partial charge is 0.394 e. The van der Waals surface area contributed by atoms with Gasteiger partial charge in [0, 0.05) is 6.42 Å². The minimum Gasteiger partial charge on any atom is -0.394 e. The summed E-state index contributed by atoms with van der Waals surface area (Å²) in [5.74, 6) is -0.232. The molecule has 0 saturated carbocycles. The first-order valence-corrected chi connectivity index (χ1v) is 37.6. The zero-order valence-electron chi connectivity index (χ0n) is 56.7. The topological polar surface area (TPSA) is 228 Å². The van der Waals surface area contributed by atoms with Crippen LogP contribution in [0.4, 0.5) is 0 Å². The van der Waals surface area contributed by atoms with Crippen LogP contribution in [0.1, 0.15) is 348 Å². The Hall–Kier alpha value is -1.53. The van der Waals surface area contributed by atoms with Gasteiger partial charge in [-0.1, -0.05) is 321 Å². The van der Waals surface area contributed by atoms with Crippen LogP contribution in [0.5, 0.6) is 0 Å². The maximum absolute atomic E-state index is 13.4. The van der Waals surface area contributed by atoms with Crippen molar-refractivity contribution >= 4 is 5.91 Å². The molecule has 1 amide bonds. The summed E-state index contributed by atoms with van der Waals surface area (Å²) in [6.45, 7) is 2.86. The summed E-state index contributed by atoms with van der Waals surface area (Å²) in [4.78, 5) is 13.4. The summed E-state index contributed by atoms with van der Waals surface area (Å²) in [5, 5.41) is 87.6. The summed E-state index contributed by atoms with van der Waals surface area (Å²) in [6, 6.07) is -0.913.